The Labute approximate surface area is 147 Å². The van der Waals surface area contributed by atoms with Gasteiger partial charge in [0.15, 0.2) is 0 Å². The van der Waals surface area contributed by atoms with Crippen molar-refractivity contribution in [3.8, 4) is 0 Å². The Morgan fingerprint density at radius 2 is 2.08 bits per heavy atom. The van der Waals surface area contributed by atoms with Crippen molar-refractivity contribution in [2.24, 2.45) is 10.8 Å². The molecule has 138 valence electrons. The number of ketones is 2. The molecule has 0 fully saturated rings. The van der Waals surface area contributed by atoms with E-state index in [0.717, 1.165) is 6.26 Å². The van der Waals surface area contributed by atoms with Crippen LogP contribution in [-0.4, -0.2) is 42.0 Å². The van der Waals surface area contributed by atoms with Crippen LogP contribution in [0.25, 0.3) is 10.4 Å². The SMILES string of the molecule is CC1=C(N)C(=O)c2c(CO)c3n(c2C1=O)C[C@@H](OS(C)(=O)=O)[C@@H]3N=[N+]=[N-]. The molecule has 1 aromatic heterocycles. The predicted octanol–water partition coefficient (Wildman–Crippen LogP) is 0.302. The third kappa shape index (κ3) is 2.51. The van der Waals surface area contributed by atoms with Crippen molar-refractivity contribution in [3.63, 3.8) is 0 Å². The summed E-state index contributed by atoms with van der Waals surface area (Å²) in [7, 11) is -3.88. The van der Waals surface area contributed by atoms with Gasteiger partial charge < -0.3 is 15.4 Å². The Morgan fingerprint density at radius 1 is 1.42 bits per heavy atom. The van der Waals surface area contributed by atoms with Gasteiger partial charge in [0.05, 0.1) is 30.7 Å². The molecule has 2 heterocycles. The number of aromatic nitrogens is 1. The monoisotopic (exact) mass is 381 g/mol. The Hall–Kier alpha value is -2.66. The van der Waals surface area contributed by atoms with Crippen molar-refractivity contribution in [2.75, 3.05) is 6.26 Å². The number of rotatable bonds is 4. The Balaban J connectivity index is 2.27. The highest BCUT2D eigenvalue weighted by Crippen LogP contribution is 2.42. The number of nitrogens with zero attached hydrogens (tertiary/aromatic N) is 4. The number of hydrogen-bond donors (Lipinski definition) is 2. The van der Waals surface area contributed by atoms with E-state index in [1.807, 2.05) is 0 Å². The van der Waals surface area contributed by atoms with Crippen molar-refractivity contribution < 1.29 is 27.3 Å². The molecule has 3 rings (SSSR count). The molecule has 3 N–H and O–H groups in total. The molecule has 0 aromatic carbocycles. The Bertz CT molecular complexity index is 1030. The average Bonchev–Trinajstić information content (AvgIpc) is 3.04. The van der Waals surface area contributed by atoms with Crippen LogP contribution in [0.3, 0.4) is 0 Å². The second-order valence-corrected chi connectivity index (χ2v) is 7.64. The Morgan fingerprint density at radius 3 is 2.62 bits per heavy atom. The number of aliphatic hydroxyl groups excluding tert-OH is 1. The molecule has 1 aromatic rings. The first-order chi connectivity index (χ1) is 12.1. The minimum Gasteiger partial charge on any atom is -0.395 e. The second-order valence-electron chi connectivity index (χ2n) is 6.04. The molecule has 0 bridgehead atoms. The first-order valence-electron chi connectivity index (χ1n) is 7.46. The van der Waals surface area contributed by atoms with Gasteiger partial charge in [0.1, 0.15) is 17.8 Å². The molecular formula is C14H15N5O6S. The van der Waals surface area contributed by atoms with Crippen molar-refractivity contribution in [2.45, 2.75) is 32.2 Å². The summed E-state index contributed by atoms with van der Waals surface area (Å²) in [5.41, 5.74) is 14.6. The lowest BCUT2D eigenvalue weighted by Gasteiger charge is -2.18. The highest BCUT2D eigenvalue weighted by atomic mass is 32.2. The summed E-state index contributed by atoms with van der Waals surface area (Å²) >= 11 is 0. The van der Waals surface area contributed by atoms with Crippen LogP contribution in [0.5, 0.6) is 0 Å². The molecule has 0 spiro atoms. The molecule has 0 saturated heterocycles. The summed E-state index contributed by atoms with van der Waals surface area (Å²) in [6, 6.07) is -1.13. The number of fused-ring (bicyclic) bond motifs is 3. The zero-order valence-corrected chi connectivity index (χ0v) is 14.6. The van der Waals surface area contributed by atoms with Gasteiger partial charge in [-0.3, -0.25) is 13.8 Å². The number of aliphatic hydroxyl groups is 1. The number of allylic oxidation sites excluding steroid dienone is 2. The molecule has 1 aliphatic heterocycles. The van der Waals surface area contributed by atoms with Crippen molar-refractivity contribution in [1.29, 1.82) is 0 Å². The molecule has 2 atom stereocenters. The molecule has 11 nitrogen and oxygen atoms in total. The normalized spacial score (nSPS) is 22.3. The van der Waals surface area contributed by atoms with Gasteiger partial charge >= 0.3 is 0 Å². The predicted molar refractivity (Wildman–Crippen MR) is 87.5 cm³/mol. The fraction of sp³-hybridized carbons (Fsp3) is 0.429. The molecule has 2 aliphatic rings. The number of carbonyl (C=O) groups excluding carboxylic acids is 2. The molecule has 1 aliphatic carbocycles. The smallest absolute Gasteiger partial charge is 0.264 e. The minimum absolute atomic E-state index is 0.0153. The number of hydrogen-bond acceptors (Lipinski definition) is 8. The topological polar surface area (TPSA) is 177 Å². The first kappa shape index (κ1) is 18.1. The third-order valence-electron chi connectivity index (χ3n) is 4.47. The molecule has 26 heavy (non-hydrogen) atoms. The van der Waals surface area contributed by atoms with Crippen LogP contribution < -0.4 is 5.73 Å². The summed E-state index contributed by atoms with van der Waals surface area (Å²) in [6.45, 7) is 0.640. The maximum absolute atomic E-state index is 12.7. The number of Topliss-reactive ketones (excluding diaryl/α,β-unsaturated/α-hetero) is 2. The standard InChI is InChI=1S/C14H15N5O6S/c1-5-9(15)14(22)8-6(4-20)11-10(17-18-16)7(25-26(2,23)24)3-19(11)12(8)13(5)21/h7,10,20H,3-4,15H2,1-2H3/t7-,10+/m1/s1. The highest BCUT2D eigenvalue weighted by Gasteiger charge is 2.45. The van der Waals surface area contributed by atoms with Gasteiger partial charge in [-0.25, -0.2) is 0 Å². The number of carbonyl (C=O) groups is 2. The van der Waals surface area contributed by atoms with E-state index in [2.05, 4.69) is 10.0 Å². The van der Waals surface area contributed by atoms with E-state index in [9.17, 15) is 23.1 Å². The van der Waals surface area contributed by atoms with Gasteiger partial charge in [-0.1, -0.05) is 5.11 Å². The minimum atomic E-state index is -3.88. The van der Waals surface area contributed by atoms with E-state index >= 15 is 0 Å². The van der Waals surface area contributed by atoms with Gasteiger partial charge in [0.2, 0.25) is 11.6 Å². The van der Waals surface area contributed by atoms with Gasteiger partial charge in [-0.15, -0.1) is 0 Å². The van der Waals surface area contributed by atoms with E-state index in [1.54, 1.807) is 0 Å². The fourth-order valence-corrected chi connectivity index (χ4v) is 4.03. The second kappa shape index (κ2) is 5.95. The zero-order valence-electron chi connectivity index (χ0n) is 13.8. The van der Waals surface area contributed by atoms with Crippen LogP contribution in [-0.2, 0) is 27.5 Å². The van der Waals surface area contributed by atoms with Gasteiger partial charge in [0, 0.05) is 21.7 Å². The fourth-order valence-electron chi connectivity index (χ4n) is 3.41. The molecule has 0 amide bonds. The highest BCUT2D eigenvalue weighted by molar-refractivity contribution is 7.86. The van der Waals surface area contributed by atoms with Crippen LogP contribution in [0.1, 0.15) is 45.1 Å². The third-order valence-corrected chi connectivity index (χ3v) is 5.06. The van der Waals surface area contributed by atoms with Crippen LogP contribution in [0.2, 0.25) is 0 Å². The van der Waals surface area contributed by atoms with E-state index in [4.69, 9.17) is 15.4 Å². The number of azide groups is 1. The molecule has 0 radical (unpaired) electrons. The first-order valence-corrected chi connectivity index (χ1v) is 9.28. The van der Waals surface area contributed by atoms with Gasteiger partial charge in [0.25, 0.3) is 10.1 Å². The van der Waals surface area contributed by atoms with E-state index in [0.29, 0.717) is 0 Å². The summed E-state index contributed by atoms with van der Waals surface area (Å²) in [4.78, 5) is 27.9. The summed E-state index contributed by atoms with van der Waals surface area (Å²) in [5.74, 6) is -1.12. The summed E-state index contributed by atoms with van der Waals surface area (Å²) in [6.07, 6.45) is -0.253. The van der Waals surface area contributed by atoms with Crippen LogP contribution in [0.15, 0.2) is 16.4 Å². The molecule has 0 saturated carbocycles. The van der Waals surface area contributed by atoms with Gasteiger partial charge in [-0.05, 0) is 12.5 Å². The molecule has 12 heteroatoms. The Kier molecular flexibility index (Phi) is 4.15. The van der Waals surface area contributed by atoms with Crippen molar-refractivity contribution in [1.82, 2.24) is 4.57 Å². The molecular weight excluding hydrogens is 366 g/mol. The lowest BCUT2D eigenvalue weighted by atomic mass is 9.89. The zero-order chi connectivity index (χ0) is 19.4. The lowest BCUT2D eigenvalue weighted by molar-refractivity contribution is 0.0964. The van der Waals surface area contributed by atoms with Crippen molar-refractivity contribution in [3.05, 3.63) is 44.2 Å². The number of nitrogens with two attached hydrogens (primary N) is 1. The quantitative estimate of drug-likeness (QED) is 0.326. The molecule has 0 unspecified atom stereocenters. The van der Waals surface area contributed by atoms with Crippen molar-refractivity contribution >= 4 is 21.7 Å². The average molecular weight is 381 g/mol. The lowest BCUT2D eigenvalue weighted by Crippen LogP contribution is -2.29. The van der Waals surface area contributed by atoms with Crippen LogP contribution in [0, 0.1) is 0 Å². The largest absolute Gasteiger partial charge is 0.395 e. The van der Waals surface area contributed by atoms with Crippen LogP contribution >= 0.6 is 0 Å². The van der Waals surface area contributed by atoms with Crippen LogP contribution in [0.4, 0.5) is 0 Å². The van der Waals surface area contributed by atoms with Gasteiger partial charge in [-0.2, -0.15) is 8.42 Å². The van der Waals surface area contributed by atoms with E-state index < -0.39 is 40.4 Å². The maximum Gasteiger partial charge on any atom is 0.264 e. The summed E-state index contributed by atoms with van der Waals surface area (Å²) in [5, 5.41) is 13.3. The van der Waals surface area contributed by atoms with E-state index in [1.165, 1.54) is 11.5 Å². The maximum atomic E-state index is 12.7. The summed E-state index contributed by atoms with van der Waals surface area (Å²) < 4.78 is 29.4. The van der Waals surface area contributed by atoms with E-state index in [-0.39, 0.29) is 40.3 Å².